The predicted octanol–water partition coefficient (Wildman–Crippen LogP) is 1.41. The van der Waals surface area contributed by atoms with E-state index in [1.807, 2.05) is 31.2 Å². The Morgan fingerprint density at radius 3 is 2.69 bits per heavy atom. The van der Waals surface area contributed by atoms with E-state index < -0.39 is 0 Å². The van der Waals surface area contributed by atoms with E-state index >= 15 is 0 Å². The van der Waals surface area contributed by atoms with E-state index in [-0.39, 0.29) is 18.0 Å². The van der Waals surface area contributed by atoms with Gasteiger partial charge in [0.2, 0.25) is 5.91 Å². The van der Waals surface area contributed by atoms with Gasteiger partial charge in [-0.3, -0.25) is 14.2 Å². The molecule has 0 spiro atoms. The second-order valence-corrected chi connectivity index (χ2v) is 6.22. The van der Waals surface area contributed by atoms with E-state index in [0.29, 0.717) is 12.2 Å². The van der Waals surface area contributed by atoms with E-state index in [4.69, 9.17) is 4.74 Å². The summed E-state index contributed by atoms with van der Waals surface area (Å²) in [5.74, 6) is 0.723. The summed E-state index contributed by atoms with van der Waals surface area (Å²) in [4.78, 5) is 28.4. The average molecular weight is 354 g/mol. The number of aryl methyl sites for hydroxylation is 2. The molecule has 0 aliphatic heterocycles. The highest BCUT2D eigenvalue weighted by molar-refractivity contribution is 5.80. The first kappa shape index (κ1) is 17.7. The standard InChI is InChI=1S/C19H22N4O3/c1-13-10-17(25)22(2)19-18(13)23(12-21-19)11-16(24)20-9-8-14-4-6-15(26-3)7-5-14/h4-7,10,12H,8-9,11H2,1-3H3,(H,20,24). The van der Waals surface area contributed by atoms with Gasteiger partial charge in [0.1, 0.15) is 12.3 Å². The Morgan fingerprint density at radius 1 is 1.27 bits per heavy atom. The lowest BCUT2D eigenvalue weighted by molar-refractivity contribution is -0.121. The van der Waals surface area contributed by atoms with E-state index in [0.717, 1.165) is 28.8 Å². The number of amides is 1. The molecule has 3 rings (SSSR count). The second-order valence-electron chi connectivity index (χ2n) is 6.22. The molecule has 136 valence electrons. The minimum atomic E-state index is -0.107. The molecule has 1 aromatic carbocycles. The summed E-state index contributed by atoms with van der Waals surface area (Å²) < 4.78 is 8.39. The van der Waals surface area contributed by atoms with Crippen LogP contribution in [0.3, 0.4) is 0 Å². The number of hydrogen-bond acceptors (Lipinski definition) is 4. The van der Waals surface area contributed by atoms with Crippen LogP contribution in [0, 0.1) is 6.92 Å². The molecule has 0 atom stereocenters. The second kappa shape index (κ2) is 7.43. The van der Waals surface area contributed by atoms with Gasteiger partial charge < -0.3 is 14.6 Å². The third kappa shape index (κ3) is 3.61. The van der Waals surface area contributed by atoms with Gasteiger partial charge in [0.25, 0.3) is 5.56 Å². The van der Waals surface area contributed by atoms with Crippen molar-refractivity contribution in [3.63, 3.8) is 0 Å². The summed E-state index contributed by atoms with van der Waals surface area (Å²) in [6.45, 7) is 2.57. The van der Waals surface area contributed by atoms with Crippen LogP contribution in [0.2, 0.25) is 0 Å². The third-order valence-corrected chi connectivity index (χ3v) is 4.39. The number of imidazole rings is 1. The number of carbonyl (C=O) groups excluding carboxylic acids is 1. The maximum Gasteiger partial charge on any atom is 0.252 e. The summed E-state index contributed by atoms with van der Waals surface area (Å²) in [5.41, 5.74) is 3.22. The van der Waals surface area contributed by atoms with Gasteiger partial charge in [-0.2, -0.15) is 0 Å². The van der Waals surface area contributed by atoms with Crippen molar-refractivity contribution in [1.82, 2.24) is 19.4 Å². The Morgan fingerprint density at radius 2 is 2.00 bits per heavy atom. The summed E-state index contributed by atoms with van der Waals surface area (Å²) >= 11 is 0. The fourth-order valence-electron chi connectivity index (χ4n) is 2.94. The normalized spacial score (nSPS) is 10.9. The van der Waals surface area contributed by atoms with Crippen LogP contribution in [0.4, 0.5) is 0 Å². The molecule has 26 heavy (non-hydrogen) atoms. The van der Waals surface area contributed by atoms with Crippen LogP contribution in [-0.4, -0.2) is 33.7 Å². The monoisotopic (exact) mass is 354 g/mol. The lowest BCUT2D eigenvalue weighted by atomic mass is 10.1. The molecule has 2 heterocycles. The van der Waals surface area contributed by atoms with Crippen LogP contribution >= 0.6 is 0 Å². The number of rotatable bonds is 6. The molecule has 3 aromatic rings. The highest BCUT2D eigenvalue weighted by Crippen LogP contribution is 2.14. The van der Waals surface area contributed by atoms with Crippen molar-refractivity contribution in [2.45, 2.75) is 19.9 Å². The molecule has 0 saturated heterocycles. The Labute approximate surface area is 151 Å². The zero-order valence-corrected chi connectivity index (χ0v) is 15.2. The van der Waals surface area contributed by atoms with Gasteiger partial charge in [0.05, 0.1) is 19.0 Å². The molecule has 1 N–H and O–H groups in total. The smallest absolute Gasteiger partial charge is 0.252 e. The molecule has 0 aliphatic rings. The molecule has 0 fully saturated rings. The van der Waals surface area contributed by atoms with Crippen LogP contribution in [0.25, 0.3) is 11.2 Å². The van der Waals surface area contributed by atoms with Crippen molar-refractivity contribution in [2.24, 2.45) is 7.05 Å². The topological polar surface area (TPSA) is 78.2 Å². The summed E-state index contributed by atoms with van der Waals surface area (Å²) in [6.07, 6.45) is 2.34. The van der Waals surface area contributed by atoms with Crippen LogP contribution < -0.4 is 15.6 Å². The highest BCUT2D eigenvalue weighted by Gasteiger charge is 2.12. The molecule has 2 aromatic heterocycles. The zero-order chi connectivity index (χ0) is 18.7. The van der Waals surface area contributed by atoms with Crippen LogP contribution in [0.15, 0.2) is 41.5 Å². The molecule has 7 heteroatoms. The fraction of sp³-hybridized carbons (Fsp3) is 0.316. The molecule has 0 aliphatic carbocycles. The van der Waals surface area contributed by atoms with Gasteiger partial charge in [0.15, 0.2) is 5.65 Å². The summed E-state index contributed by atoms with van der Waals surface area (Å²) in [5, 5.41) is 2.92. The van der Waals surface area contributed by atoms with Gasteiger partial charge in [0, 0.05) is 19.7 Å². The van der Waals surface area contributed by atoms with Gasteiger partial charge in [-0.15, -0.1) is 0 Å². The Bertz CT molecular complexity index is 986. The highest BCUT2D eigenvalue weighted by atomic mass is 16.5. The van der Waals surface area contributed by atoms with Crippen LogP contribution in [0.1, 0.15) is 11.1 Å². The average Bonchev–Trinajstić information content (AvgIpc) is 3.04. The number of methoxy groups -OCH3 is 1. The minimum absolute atomic E-state index is 0.0916. The summed E-state index contributed by atoms with van der Waals surface area (Å²) in [6, 6.07) is 9.34. The van der Waals surface area contributed by atoms with Crippen molar-refractivity contribution in [1.29, 1.82) is 0 Å². The lowest BCUT2D eigenvalue weighted by Crippen LogP contribution is -2.29. The number of pyridine rings is 1. The number of hydrogen-bond donors (Lipinski definition) is 1. The van der Waals surface area contributed by atoms with Gasteiger partial charge in [-0.05, 0) is 36.6 Å². The fourth-order valence-corrected chi connectivity index (χ4v) is 2.94. The Kier molecular flexibility index (Phi) is 5.06. The molecule has 7 nitrogen and oxygen atoms in total. The van der Waals surface area contributed by atoms with Crippen molar-refractivity contribution >= 4 is 17.1 Å². The van der Waals surface area contributed by atoms with Crippen molar-refractivity contribution in [2.75, 3.05) is 13.7 Å². The minimum Gasteiger partial charge on any atom is -0.497 e. The predicted molar refractivity (Wildman–Crippen MR) is 99.4 cm³/mol. The SMILES string of the molecule is COc1ccc(CCNC(=O)Cn2cnc3c2c(C)cc(=O)n3C)cc1. The van der Waals surface area contributed by atoms with Crippen LogP contribution in [-0.2, 0) is 24.8 Å². The number of aromatic nitrogens is 3. The molecular weight excluding hydrogens is 332 g/mol. The largest absolute Gasteiger partial charge is 0.497 e. The molecule has 0 unspecified atom stereocenters. The number of ether oxygens (including phenoxy) is 1. The maximum absolute atomic E-state index is 12.3. The van der Waals surface area contributed by atoms with E-state index in [1.165, 1.54) is 4.57 Å². The first-order valence-electron chi connectivity index (χ1n) is 8.40. The first-order chi connectivity index (χ1) is 12.5. The molecule has 0 bridgehead atoms. The van der Waals surface area contributed by atoms with Gasteiger partial charge in [-0.25, -0.2) is 4.98 Å². The Balaban J connectivity index is 1.62. The molecule has 0 radical (unpaired) electrons. The third-order valence-electron chi connectivity index (χ3n) is 4.39. The van der Waals surface area contributed by atoms with Crippen molar-refractivity contribution in [3.8, 4) is 5.75 Å². The van der Waals surface area contributed by atoms with E-state index in [1.54, 1.807) is 31.1 Å². The number of nitrogens with one attached hydrogen (secondary N) is 1. The van der Waals surface area contributed by atoms with Crippen LogP contribution in [0.5, 0.6) is 5.75 Å². The quantitative estimate of drug-likeness (QED) is 0.726. The Hall–Kier alpha value is -3.09. The number of carbonyl (C=O) groups is 1. The number of nitrogens with zero attached hydrogens (tertiary/aromatic N) is 3. The van der Waals surface area contributed by atoms with Gasteiger partial charge >= 0.3 is 0 Å². The van der Waals surface area contributed by atoms with E-state index in [2.05, 4.69) is 10.3 Å². The number of benzene rings is 1. The van der Waals surface area contributed by atoms with Crippen molar-refractivity contribution in [3.05, 3.63) is 58.1 Å². The molecular formula is C19H22N4O3. The summed E-state index contributed by atoms with van der Waals surface area (Å²) in [7, 11) is 3.31. The lowest BCUT2D eigenvalue weighted by Gasteiger charge is -2.09. The number of fused-ring (bicyclic) bond motifs is 1. The molecule has 0 saturated carbocycles. The molecule has 1 amide bonds. The van der Waals surface area contributed by atoms with Crippen molar-refractivity contribution < 1.29 is 9.53 Å². The van der Waals surface area contributed by atoms with Gasteiger partial charge in [-0.1, -0.05) is 12.1 Å². The maximum atomic E-state index is 12.3. The van der Waals surface area contributed by atoms with E-state index in [9.17, 15) is 9.59 Å². The first-order valence-corrected chi connectivity index (χ1v) is 8.40. The zero-order valence-electron chi connectivity index (χ0n) is 15.2.